The average Bonchev–Trinajstić information content (AvgIpc) is 3.25. The van der Waals surface area contributed by atoms with Crippen molar-refractivity contribution in [1.29, 1.82) is 0 Å². The Morgan fingerprint density at radius 1 is 1.36 bits per heavy atom. The third-order valence-electron chi connectivity index (χ3n) is 7.24. The van der Waals surface area contributed by atoms with Crippen molar-refractivity contribution < 1.29 is 9.32 Å². The summed E-state index contributed by atoms with van der Waals surface area (Å²) in [5.41, 5.74) is 3.74. The number of fused-ring (bicyclic) bond motifs is 1. The van der Waals surface area contributed by atoms with Gasteiger partial charge in [0.05, 0.1) is 5.41 Å². The summed E-state index contributed by atoms with van der Waals surface area (Å²) in [5.74, 6) is 1.24. The highest BCUT2D eigenvalue weighted by Gasteiger charge is 2.57. The van der Waals surface area contributed by atoms with Crippen LogP contribution in [-0.2, 0) is 23.2 Å². The fourth-order valence-electron chi connectivity index (χ4n) is 4.93. The minimum atomic E-state index is -0.354. The molecule has 0 spiro atoms. The lowest BCUT2D eigenvalue weighted by Gasteiger charge is -2.38. The zero-order valence-corrected chi connectivity index (χ0v) is 17.3. The molecule has 28 heavy (non-hydrogen) atoms. The van der Waals surface area contributed by atoms with E-state index in [1.165, 1.54) is 11.1 Å². The van der Waals surface area contributed by atoms with Gasteiger partial charge in [-0.2, -0.15) is 4.98 Å². The van der Waals surface area contributed by atoms with E-state index in [-0.39, 0.29) is 22.7 Å². The monoisotopic (exact) mass is 383 g/mol. The van der Waals surface area contributed by atoms with E-state index >= 15 is 0 Å². The highest BCUT2D eigenvalue weighted by molar-refractivity contribution is 5.80. The van der Waals surface area contributed by atoms with Crippen LogP contribution < -0.4 is 10.6 Å². The summed E-state index contributed by atoms with van der Waals surface area (Å²) in [4.78, 5) is 21.8. The topological polar surface area (TPSA) is 92.9 Å². The fraction of sp³-hybridized carbons (Fsp3) is 0.619. The molecule has 7 heteroatoms. The second-order valence-corrected chi connectivity index (χ2v) is 8.83. The van der Waals surface area contributed by atoms with Gasteiger partial charge in [0.1, 0.15) is 0 Å². The van der Waals surface area contributed by atoms with Crippen LogP contribution in [0.4, 0.5) is 0 Å². The Hall–Kier alpha value is -2.28. The van der Waals surface area contributed by atoms with Crippen molar-refractivity contribution in [2.24, 2.45) is 11.3 Å². The van der Waals surface area contributed by atoms with Gasteiger partial charge in [0, 0.05) is 37.0 Å². The third kappa shape index (κ3) is 2.67. The van der Waals surface area contributed by atoms with Crippen LogP contribution in [0.15, 0.2) is 10.7 Å². The molecule has 1 saturated carbocycles. The number of carbonyl (C=O) groups excluding carboxylic acids is 1. The number of pyridine rings is 1. The Kier molecular flexibility index (Phi) is 4.53. The van der Waals surface area contributed by atoms with E-state index in [0.29, 0.717) is 11.7 Å². The lowest BCUT2D eigenvalue weighted by molar-refractivity contribution is -0.128. The standard InChI is InChI=1S/C21H29N5O2/c1-12-16(14-7-9-23-10-13(14)11-24-12)17-25-19(28-26-17)21(4)8-6-15(18(27)22-5)20(21,2)3/h11,15,23H,6-10H2,1-5H3,(H,22,27)/t15-,21+/m1/s1. The van der Waals surface area contributed by atoms with Gasteiger partial charge in [-0.15, -0.1) is 0 Å². The van der Waals surface area contributed by atoms with Gasteiger partial charge in [0.25, 0.3) is 0 Å². The van der Waals surface area contributed by atoms with Gasteiger partial charge in [0.2, 0.25) is 17.6 Å². The molecule has 0 saturated heterocycles. The smallest absolute Gasteiger partial charge is 0.233 e. The van der Waals surface area contributed by atoms with Crippen molar-refractivity contribution in [1.82, 2.24) is 25.8 Å². The molecule has 2 N–H and O–H groups in total. The van der Waals surface area contributed by atoms with Crippen molar-refractivity contribution >= 4 is 5.91 Å². The number of aromatic nitrogens is 3. The molecule has 0 radical (unpaired) electrons. The van der Waals surface area contributed by atoms with E-state index in [1.807, 2.05) is 13.1 Å². The number of nitrogens with zero attached hydrogens (tertiary/aromatic N) is 3. The maximum absolute atomic E-state index is 12.4. The summed E-state index contributed by atoms with van der Waals surface area (Å²) in [6, 6.07) is 0. The maximum atomic E-state index is 12.4. The molecule has 1 aliphatic heterocycles. The second kappa shape index (κ2) is 6.65. The first-order valence-electron chi connectivity index (χ1n) is 10.0. The summed E-state index contributed by atoms with van der Waals surface area (Å²) in [6.07, 6.45) is 4.53. The zero-order valence-electron chi connectivity index (χ0n) is 17.3. The first-order valence-corrected chi connectivity index (χ1v) is 10.0. The normalized spacial score (nSPS) is 26.1. The quantitative estimate of drug-likeness (QED) is 0.846. The highest BCUT2D eigenvalue weighted by Crippen LogP contribution is 2.56. The van der Waals surface area contributed by atoms with Crippen molar-refractivity contribution in [2.75, 3.05) is 13.6 Å². The summed E-state index contributed by atoms with van der Waals surface area (Å²) in [5, 5.41) is 10.5. The lowest BCUT2D eigenvalue weighted by atomic mass is 9.65. The molecular weight excluding hydrogens is 354 g/mol. The first kappa shape index (κ1) is 19.1. The van der Waals surface area contributed by atoms with E-state index in [9.17, 15) is 4.79 Å². The number of carbonyl (C=O) groups is 1. The summed E-state index contributed by atoms with van der Waals surface area (Å²) >= 11 is 0. The molecule has 1 fully saturated rings. The molecular formula is C21H29N5O2. The molecule has 3 heterocycles. The Morgan fingerprint density at radius 2 is 2.14 bits per heavy atom. The van der Waals surface area contributed by atoms with Crippen LogP contribution in [-0.4, -0.2) is 34.6 Å². The van der Waals surface area contributed by atoms with E-state index in [0.717, 1.165) is 43.6 Å². The number of hydrogen-bond acceptors (Lipinski definition) is 6. The van der Waals surface area contributed by atoms with Crippen molar-refractivity contribution in [3.05, 3.63) is 28.9 Å². The van der Waals surface area contributed by atoms with Crippen LogP contribution in [0, 0.1) is 18.3 Å². The van der Waals surface area contributed by atoms with Gasteiger partial charge in [-0.05, 0) is 49.3 Å². The number of hydrogen-bond donors (Lipinski definition) is 2. The number of amides is 1. The van der Waals surface area contributed by atoms with Gasteiger partial charge >= 0.3 is 0 Å². The Balaban J connectivity index is 1.74. The van der Waals surface area contributed by atoms with Gasteiger partial charge in [-0.3, -0.25) is 9.78 Å². The molecule has 2 aromatic rings. The van der Waals surface area contributed by atoms with Crippen molar-refractivity contribution in [3.63, 3.8) is 0 Å². The SMILES string of the molecule is CNC(=O)[C@H]1CC[C@@](C)(c2nc(-c3c(C)ncc4c3CCNC4)no2)C1(C)C. The van der Waals surface area contributed by atoms with E-state index < -0.39 is 0 Å². The van der Waals surface area contributed by atoms with Crippen LogP contribution in [0.2, 0.25) is 0 Å². The van der Waals surface area contributed by atoms with E-state index in [1.54, 1.807) is 7.05 Å². The average molecular weight is 383 g/mol. The predicted molar refractivity (Wildman–Crippen MR) is 106 cm³/mol. The van der Waals surface area contributed by atoms with Crippen LogP contribution in [0.25, 0.3) is 11.4 Å². The molecule has 0 unspecified atom stereocenters. The third-order valence-corrected chi connectivity index (χ3v) is 7.24. The van der Waals surface area contributed by atoms with Gasteiger partial charge in [-0.1, -0.05) is 25.9 Å². The summed E-state index contributed by atoms with van der Waals surface area (Å²) < 4.78 is 5.81. The number of aryl methyl sites for hydroxylation is 1. The van der Waals surface area contributed by atoms with Gasteiger partial charge in [-0.25, -0.2) is 0 Å². The molecule has 4 rings (SSSR count). The van der Waals surface area contributed by atoms with Gasteiger partial charge in [0.15, 0.2) is 0 Å². The zero-order chi connectivity index (χ0) is 20.1. The highest BCUT2D eigenvalue weighted by atomic mass is 16.5. The molecule has 1 amide bonds. The lowest BCUT2D eigenvalue weighted by Crippen LogP contribution is -2.43. The molecule has 7 nitrogen and oxygen atoms in total. The minimum absolute atomic E-state index is 0.0724. The Morgan fingerprint density at radius 3 is 2.89 bits per heavy atom. The second-order valence-electron chi connectivity index (χ2n) is 8.83. The van der Waals surface area contributed by atoms with Gasteiger partial charge < -0.3 is 15.2 Å². The first-order chi connectivity index (χ1) is 13.3. The van der Waals surface area contributed by atoms with E-state index in [4.69, 9.17) is 9.51 Å². The minimum Gasteiger partial charge on any atom is -0.359 e. The maximum Gasteiger partial charge on any atom is 0.233 e. The molecule has 0 aromatic carbocycles. The molecule has 1 aliphatic carbocycles. The Labute approximate surface area is 165 Å². The van der Waals surface area contributed by atoms with Crippen LogP contribution >= 0.6 is 0 Å². The molecule has 2 atom stereocenters. The fourth-order valence-corrected chi connectivity index (χ4v) is 4.93. The van der Waals surface area contributed by atoms with Crippen LogP contribution in [0.5, 0.6) is 0 Å². The predicted octanol–water partition coefficient (Wildman–Crippen LogP) is 2.53. The number of nitrogens with one attached hydrogen (secondary N) is 2. The van der Waals surface area contributed by atoms with Crippen molar-refractivity contribution in [2.45, 2.75) is 58.9 Å². The Bertz CT molecular complexity index is 920. The van der Waals surface area contributed by atoms with Crippen LogP contribution in [0.3, 0.4) is 0 Å². The molecule has 0 bridgehead atoms. The summed E-state index contributed by atoms with van der Waals surface area (Å²) in [6.45, 7) is 10.2. The summed E-state index contributed by atoms with van der Waals surface area (Å²) in [7, 11) is 1.70. The molecule has 2 aromatic heterocycles. The van der Waals surface area contributed by atoms with Crippen LogP contribution in [0.1, 0.15) is 56.3 Å². The number of rotatable bonds is 3. The van der Waals surface area contributed by atoms with Crippen molar-refractivity contribution in [3.8, 4) is 11.4 Å². The largest absolute Gasteiger partial charge is 0.359 e. The van der Waals surface area contributed by atoms with E-state index in [2.05, 4.69) is 41.5 Å². The molecule has 2 aliphatic rings. The molecule has 150 valence electrons.